The van der Waals surface area contributed by atoms with Crippen molar-refractivity contribution >= 4 is 22.5 Å². The van der Waals surface area contributed by atoms with Gasteiger partial charge in [0.1, 0.15) is 23.2 Å². The lowest BCUT2D eigenvalue weighted by atomic mass is 10.0. The topological polar surface area (TPSA) is 61.9 Å². The molecule has 4 aromatic rings. The quantitative estimate of drug-likeness (QED) is 0.293. The summed E-state index contributed by atoms with van der Waals surface area (Å²) in [7, 11) is 0. The molecule has 0 bridgehead atoms. The number of carbonyl (C=O) groups excluding carboxylic acids is 1. The molecule has 5 nitrogen and oxygen atoms in total. The van der Waals surface area contributed by atoms with Gasteiger partial charge in [0.2, 0.25) is 5.91 Å². The van der Waals surface area contributed by atoms with Gasteiger partial charge in [-0.15, -0.1) is 0 Å². The summed E-state index contributed by atoms with van der Waals surface area (Å²) in [5, 5.41) is 12.0. The van der Waals surface area contributed by atoms with Gasteiger partial charge in [0.05, 0.1) is 11.3 Å². The number of hydrogen-bond donors (Lipinski definition) is 0. The van der Waals surface area contributed by atoms with E-state index in [4.69, 9.17) is 5.26 Å². The number of anilines is 1. The minimum Gasteiger partial charge on any atom is -0.312 e. The van der Waals surface area contributed by atoms with Gasteiger partial charge in [-0.3, -0.25) is 4.79 Å². The number of nitrogens with zero attached hydrogens (tertiary/aromatic N) is 4. The molecule has 0 saturated carbocycles. The van der Waals surface area contributed by atoms with Gasteiger partial charge in [0.25, 0.3) is 0 Å². The third-order valence-electron chi connectivity index (χ3n) is 6.24. The van der Waals surface area contributed by atoms with E-state index in [2.05, 4.69) is 5.10 Å². The number of fused-ring (bicyclic) bond motifs is 1. The maximum atomic E-state index is 15.9. The van der Waals surface area contributed by atoms with Crippen molar-refractivity contribution in [2.24, 2.45) is 0 Å². The van der Waals surface area contributed by atoms with Crippen LogP contribution in [0.2, 0.25) is 0 Å². The van der Waals surface area contributed by atoms with E-state index in [0.717, 1.165) is 49.2 Å². The first-order valence-corrected chi connectivity index (χ1v) is 11.2. The number of amides is 1. The van der Waals surface area contributed by atoms with Gasteiger partial charge >= 0.3 is 6.18 Å². The van der Waals surface area contributed by atoms with Gasteiger partial charge in [0, 0.05) is 35.2 Å². The molecular weight excluding hydrogens is 498 g/mol. The molecule has 1 amide bonds. The largest absolute Gasteiger partial charge is 0.435 e. The van der Waals surface area contributed by atoms with Crippen LogP contribution in [0.4, 0.5) is 32.0 Å². The second kappa shape index (κ2) is 8.96. The molecule has 1 aliphatic rings. The molecule has 0 radical (unpaired) electrons. The minimum absolute atomic E-state index is 0.161. The number of halogens is 6. The van der Waals surface area contributed by atoms with E-state index in [1.54, 1.807) is 6.07 Å². The zero-order valence-electron chi connectivity index (χ0n) is 18.9. The molecule has 0 unspecified atom stereocenters. The van der Waals surface area contributed by atoms with Crippen molar-refractivity contribution in [3.05, 3.63) is 77.2 Å². The van der Waals surface area contributed by atoms with Crippen LogP contribution in [-0.2, 0) is 11.0 Å². The van der Waals surface area contributed by atoms with E-state index in [9.17, 15) is 22.4 Å². The molecule has 37 heavy (non-hydrogen) atoms. The van der Waals surface area contributed by atoms with Crippen LogP contribution in [0.5, 0.6) is 0 Å². The van der Waals surface area contributed by atoms with Gasteiger partial charge in [-0.1, -0.05) is 6.07 Å². The summed E-state index contributed by atoms with van der Waals surface area (Å²) in [6, 6.07) is 10.2. The fraction of sp³-hybridized carbons (Fsp3) is 0.192. The van der Waals surface area contributed by atoms with Crippen LogP contribution < -0.4 is 4.90 Å². The fourth-order valence-corrected chi connectivity index (χ4v) is 4.47. The Balaban J connectivity index is 1.69. The molecule has 2 heterocycles. The standard InChI is InChI=1S/C26H16F6N4O/c27-20-9-5-16(11-14(20)13-33)36-24-19(25(34-36)26(30,31)32)8-7-18(23(24)29)17-6-4-15(12-21(17)28)35-10-2-1-3-22(35)37/h4-9,11-12H,1-3,10H2. The molecule has 0 spiro atoms. The third kappa shape index (κ3) is 4.18. The molecule has 5 rings (SSSR count). The molecular formula is C26H16F6N4O. The average molecular weight is 514 g/mol. The Bertz CT molecular complexity index is 1600. The van der Waals surface area contributed by atoms with Gasteiger partial charge in [0.15, 0.2) is 11.5 Å². The minimum atomic E-state index is -4.95. The first-order chi connectivity index (χ1) is 17.6. The molecule has 188 valence electrons. The number of rotatable bonds is 3. The van der Waals surface area contributed by atoms with E-state index >= 15 is 8.78 Å². The van der Waals surface area contributed by atoms with Crippen molar-refractivity contribution in [1.82, 2.24) is 9.78 Å². The van der Waals surface area contributed by atoms with E-state index in [1.807, 2.05) is 0 Å². The molecule has 3 aromatic carbocycles. The van der Waals surface area contributed by atoms with E-state index in [0.29, 0.717) is 23.3 Å². The lowest BCUT2D eigenvalue weighted by Gasteiger charge is -2.27. The Morgan fingerprint density at radius 3 is 2.30 bits per heavy atom. The Labute approximate surface area is 206 Å². The number of carbonyl (C=O) groups is 1. The number of alkyl halides is 3. The van der Waals surface area contributed by atoms with Crippen molar-refractivity contribution < 1.29 is 31.1 Å². The SMILES string of the molecule is N#Cc1cc(-n2nc(C(F)(F)F)c3ccc(-c4ccc(N5CCCCC5=O)cc4F)c(F)c32)ccc1F. The first kappa shape index (κ1) is 24.4. The molecule has 1 saturated heterocycles. The molecule has 1 aliphatic heterocycles. The highest BCUT2D eigenvalue weighted by atomic mass is 19.4. The summed E-state index contributed by atoms with van der Waals surface area (Å²) in [4.78, 5) is 13.6. The summed E-state index contributed by atoms with van der Waals surface area (Å²) in [6.45, 7) is 0.416. The second-order valence-electron chi connectivity index (χ2n) is 8.52. The fourth-order valence-electron chi connectivity index (χ4n) is 4.47. The maximum absolute atomic E-state index is 15.9. The van der Waals surface area contributed by atoms with Crippen LogP contribution >= 0.6 is 0 Å². The number of benzene rings is 3. The van der Waals surface area contributed by atoms with Gasteiger partial charge < -0.3 is 4.90 Å². The highest BCUT2D eigenvalue weighted by Gasteiger charge is 2.38. The summed E-state index contributed by atoms with van der Waals surface area (Å²) >= 11 is 0. The highest BCUT2D eigenvalue weighted by molar-refractivity contribution is 5.94. The molecule has 1 fully saturated rings. The van der Waals surface area contributed by atoms with Gasteiger partial charge in [-0.25, -0.2) is 17.9 Å². The van der Waals surface area contributed by atoms with Crippen molar-refractivity contribution in [1.29, 1.82) is 5.26 Å². The Hall–Kier alpha value is -4.33. The maximum Gasteiger partial charge on any atom is 0.435 e. The number of hydrogen-bond acceptors (Lipinski definition) is 3. The summed E-state index contributed by atoms with van der Waals surface area (Å²) in [6.07, 6.45) is -3.14. The smallest absolute Gasteiger partial charge is 0.312 e. The normalized spacial score (nSPS) is 14.3. The van der Waals surface area contributed by atoms with Crippen molar-refractivity contribution in [2.45, 2.75) is 25.4 Å². The molecule has 0 atom stereocenters. The zero-order chi connectivity index (χ0) is 26.5. The first-order valence-electron chi connectivity index (χ1n) is 11.2. The predicted octanol–water partition coefficient (Wildman–Crippen LogP) is 6.52. The lowest BCUT2D eigenvalue weighted by molar-refractivity contribution is -0.140. The summed E-state index contributed by atoms with van der Waals surface area (Å²) in [5.41, 5.74) is -2.93. The monoisotopic (exact) mass is 514 g/mol. The Morgan fingerprint density at radius 1 is 0.892 bits per heavy atom. The van der Waals surface area contributed by atoms with Crippen LogP contribution in [0.25, 0.3) is 27.7 Å². The Kier molecular flexibility index (Phi) is 5.90. The van der Waals surface area contributed by atoms with E-state index in [1.165, 1.54) is 17.0 Å². The van der Waals surface area contributed by atoms with Gasteiger partial charge in [-0.05, 0) is 55.3 Å². The number of nitriles is 1. The van der Waals surface area contributed by atoms with Crippen LogP contribution in [-0.4, -0.2) is 22.2 Å². The molecule has 1 aromatic heterocycles. The van der Waals surface area contributed by atoms with Crippen molar-refractivity contribution in [2.75, 3.05) is 11.4 Å². The van der Waals surface area contributed by atoms with Crippen LogP contribution in [0, 0.1) is 28.8 Å². The van der Waals surface area contributed by atoms with E-state index < -0.39 is 45.8 Å². The van der Waals surface area contributed by atoms with Crippen molar-refractivity contribution in [3.63, 3.8) is 0 Å². The molecule has 0 aliphatic carbocycles. The zero-order valence-corrected chi connectivity index (χ0v) is 18.9. The van der Waals surface area contributed by atoms with Crippen LogP contribution in [0.1, 0.15) is 30.5 Å². The second-order valence-corrected chi connectivity index (χ2v) is 8.52. The molecule has 0 N–H and O–H groups in total. The summed E-state index contributed by atoms with van der Waals surface area (Å²) in [5.74, 6) is -3.13. The van der Waals surface area contributed by atoms with E-state index in [-0.39, 0.29) is 22.7 Å². The number of aromatic nitrogens is 2. The summed E-state index contributed by atoms with van der Waals surface area (Å²) < 4.78 is 86.7. The third-order valence-corrected chi connectivity index (χ3v) is 6.24. The number of piperidine rings is 1. The van der Waals surface area contributed by atoms with Crippen LogP contribution in [0.15, 0.2) is 48.5 Å². The lowest BCUT2D eigenvalue weighted by Crippen LogP contribution is -2.35. The highest BCUT2D eigenvalue weighted by Crippen LogP contribution is 2.39. The van der Waals surface area contributed by atoms with Gasteiger partial charge in [-0.2, -0.15) is 23.5 Å². The predicted molar refractivity (Wildman–Crippen MR) is 122 cm³/mol. The Morgan fingerprint density at radius 2 is 1.62 bits per heavy atom. The van der Waals surface area contributed by atoms with Crippen LogP contribution in [0.3, 0.4) is 0 Å². The average Bonchev–Trinajstić information content (AvgIpc) is 3.26. The molecule has 11 heteroatoms. The van der Waals surface area contributed by atoms with Crippen molar-refractivity contribution in [3.8, 4) is 22.9 Å².